The minimum atomic E-state index is -0.561. The van der Waals surface area contributed by atoms with E-state index in [1.54, 1.807) is 19.1 Å². The molecule has 0 bridgehead atoms. The van der Waals surface area contributed by atoms with Gasteiger partial charge in [0.25, 0.3) is 5.91 Å². The van der Waals surface area contributed by atoms with E-state index in [0.717, 1.165) is 52.5 Å². The Hall–Kier alpha value is -3.26. The largest absolute Gasteiger partial charge is 0.496 e. The zero-order valence-electron chi connectivity index (χ0n) is 25.7. The summed E-state index contributed by atoms with van der Waals surface area (Å²) >= 11 is 14.4. The van der Waals surface area contributed by atoms with Crippen molar-refractivity contribution < 1.29 is 19.1 Å². The second kappa shape index (κ2) is 13.4. The van der Waals surface area contributed by atoms with Gasteiger partial charge in [-0.15, -0.1) is 11.3 Å². The summed E-state index contributed by atoms with van der Waals surface area (Å²) in [5.74, 6) is 0.611. The summed E-state index contributed by atoms with van der Waals surface area (Å²) in [7, 11) is 3.44. The summed E-state index contributed by atoms with van der Waals surface area (Å²) in [6.45, 7) is 5.96. The highest BCUT2D eigenvalue weighted by atomic mass is 35.5. The molecule has 3 aromatic carbocycles. The number of methoxy groups -OCH3 is 1. The lowest BCUT2D eigenvalue weighted by Gasteiger charge is -2.40. The predicted octanol–water partition coefficient (Wildman–Crippen LogP) is 9.70. The van der Waals surface area contributed by atoms with Crippen molar-refractivity contribution in [2.75, 3.05) is 14.2 Å². The fraction of sp³-hybridized carbons (Fsp3) is 0.371. The van der Waals surface area contributed by atoms with E-state index in [-0.39, 0.29) is 24.1 Å². The van der Waals surface area contributed by atoms with Crippen molar-refractivity contribution in [2.45, 2.75) is 70.7 Å². The first-order valence-electron chi connectivity index (χ1n) is 14.8. The van der Waals surface area contributed by atoms with Gasteiger partial charge in [0.2, 0.25) is 0 Å². The van der Waals surface area contributed by atoms with Gasteiger partial charge in [-0.1, -0.05) is 59.6 Å². The molecule has 6 nitrogen and oxygen atoms in total. The maximum Gasteiger partial charge on any atom is 0.410 e. The van der Waals surface area contributed by atoms with E-state index in [2.05, 4.69) is 6.07 Å². The second-order valence-electron chi connectivity index (χ2n) is 12.3. The minimum Gasteiger partial charge on any atom is -0.496 e. The average molecular weight is 654 g/mol. The molecule has 44 heavy (non-hydrogen) atoms. The number of ether oxygens (including phenoxy) is 2. The van der Waals surface area contributed by atoms with Crippen LogP contribution < -0.4 is 4.74 Å². The smallest absolute Gasteiger partial charge is 0.410 e. The number of amides is 2. The molecule has 1 aliphatic rings. The number of halogens is 2. The molecule has 1 heterocycles. The number of fused-ring (bicyclic) bond motifs is 1. The molecule has 4 aromatic rings. The number of hydrogen-bond acceptors (Lipinski definition) is 5. The zero-order valence-corrected chi connectivity index (χ0v) is 28.1. The number of nitrogens with zero attached hydrogens (tertiary/aromatic N) is 2. The number of carbonyl (C=O) groups excluding carboxylic acids is 2. The van der Waals surface area contributed by atoms with Crippen LogP contribution in [0.3, 0.4) is 0 Å². The topological polar surface area (TPSA) is 59.1 Å². The van der Waals surface area contributed by atoms with E-state index in [4.69, 9.17) is 32.7 Å². The molecular weight excluding hydrogens is 615 g/mol. The van der Waals surface area contributed by atoms with E-state index < -0.39 is 5.60 Å². The number of benzene rings is 3. The van der Waals surface area contributed by atoms with Crippen molar-refractivity contribution in [3.8, 4) is 16.9 Å². The summed E-state index contributed by atoms with van der Waals surface area (Å²) in [5.41, 5.74) is 2.37. The summed E-state index contributed by atoms with van der Waals surface area (Å²) in [6, 6.07) is 21.6. The molecule has 1 saturated carbocycles. The van der Waals surface area contributed by atoms with Crippen LogP contribution in [0.1, 0.15) is 61.7 Å². The third-order valence-electron chi connectivity index (χ3n) is 8.12. The van der Waals surface area contributed by atoms with Gasteiger partial charge in [0.15, 0.2) is 0 Å². The highest BCUT2D eigenvalue weighted by Crippen LogP contribution is 2.39. The van der Waals surface area contributed by atoms with Crippen molar-refractivity contribution in [2.24, 2.45) is 0 Å². The molecule has 1 aliphatic carbocycles. The molecule has 232 valence electrons. The summed E-state index contributed by atoms with van der Waals surface area (Å²) in [6.07, 6.45) is 2.67. The van der Waals surface area contributed by atoms with Crippen LogP contribution in [0.5, 0.6) is 5.75 Å². The molecule has 0 N–H and O–H groups in total. The van der Waals surface area contributed by atoms with E-state index >= 15 is 0 Å². The normalized spacial score (nSPS) is 16.9. The molecule has 1 aromatic heterocycles. The van der Waals surface area contributed by atoms with Crippen LogP contribution in [-0.2, 0) is 11.3 Å². The van der Waals surface area contributed by atoms with E-state index in [9.17, 15) is 9.59 Å². The van der Waals surface area contributed by atoms with E-state index in [1.165, 1.54) is 11.3 Å². The molecule has 1 fully saturated rings. The standard InChI is InChI=1S/C35H38Cl2N2O4S/c1-35(2,3)43-34(41)38(4)26-15-17-27(18-16-26)39(33(40)32-31(37)28-8-6-7-9-30(28)44-32)21-24-20-23(12-19-29(24)42-5)22-10-13-25(36)14-11-22/h6-14,19-20,26-27H,15-18,21H2,1-5H3/t26-,27-. The number of hydrogen-bond donors (Lipinski definition) is 0. The van der Waals surface area contributed by atoms with Crippen LogP contribution in [0.25, 0.3) is 21.2 Å². The third-order valence-corrected chi connectivity index (χ3v) is 10.0. The van der Waals surface area contributed by atoms with Crippen molar-refractivity contribution in [3.63, 3.8) is 0 Å². The first-order valence-corrected chi connectivity index (χ1v) is 16.4. The SMILES string of the molecule is COc1ccc(-c2ccc(Cl)cc2)cc1CN(C(=O)c1sc2ccccc2c1Cl)[C@H]1CC[C@H](N(C)C(=O)OC(C)(C)C)CC1. The highest BCUT2D eigenvalue weighted by molar-refractivity contribution is 7.21. The van der Waals surface area contributed by atoms with Crippen LogP contribution in [-0.4, -0.2) is 53.6 Å². The van der Waals surface area contributed by atoms with Crippen LogP contribution in [0.4, 0.5) is 4.79 Å². The third kappa shape index (κ3) is 7.17. The van der Waals surface area contributed by atoms with Crippen LogP contribution >= 0.6 is 34.5 Å². The van der Waals surface area contributed by atoms with Crippen molar-refractivity contribution in [1.29, 1.82) is 0 Å². The van der Waals surface area contributed by atoms with E-state index in [1.807, 2.05) is 86.3 Å². The predicted molar refractivity (Wildman–Crippen MR) is 180 cm³/mol. The Morgan fingerprint density at radius 3 is 2.18 bits per heavy atom. The molecule has 0 spiro atoms. The monoisotopic (exact) mass is 652 g/mol. The van der Waals surface area contributed by atoms with Crippen molar-refractivity contribution in [3.05, 3.63) is 87.2 Å². The lowest BCUT2D eigenvalue weighted by Crippen LogP contribution is -2.47. The average Bonchev–Trinajstić information content (AvgIpc) is 3.35. The minimum absolute atomic E-state index is 0.0359. The Morgan fingerprint density at radius 1 is 0.909 bits per heavy atom. The molecule has 9 heteroatoms. The lowest BCUT2D eigenvalue weighted by molar-refractivity contribution is 0.0144. The first kappa shape index (κ1) is 32.1. The number of carbonyl (C=O) groups is 2. The second-order valence-corrected chi connectivity index (χ2v) is 14.1. The number of thiophene rings is 1. The quantitative estimate of drug-likeness (QED) is 0.199. The van der Waals surface area contributed by atoms with Gasteiger partial charge in [-0.25, -0.2) is 4.79 Å². The molecule has 2 amide bonds. The molecular formula is C35H38Cl2N2O4S. The number of rotatable bonds is 7. The Bertz CT molecular complexity index is 1640. The van der Waals surface area contributed by atoms with Crippen molar-refractivity contribution >= 4 is 56.6 Å². The first-order chi connectivity index (χ1) is 20.9. The van der Waals surface area contributed by atoms with Gasteiger partial charge >= 0.3 is 6.09 Å². The lowest BCUT2D eigenvalue weighted by atomic mass is 9.89. The zero-order chi connectivity index (χ0) is 31.6. The maximum atomic E-state index is 14.4. The van der Waals surface area contributed by atoms with E-state index in [0.29, 0.717) is 27.2 Å². The van der Waals surface area contributed by atoms with Crippen molar-refractivity contribution in [1.82, 2.24) is 9.80 Å². The van der Waals surface area contributed by atoms with Crippen LogP contribution in [0.2, 0.25) is 10.0 Å². The Morgan fingerprint density at radius 2 is 1.55 bits per heavy atom. The molecule has 0 aliphatic heterocycles. The Labute approximate surface area is 273 Å². The molecule has 0 radical (unpaired) electrons. The van der Waals surface area contributed by atoms with Gasteiger partial charge in [0.1, 0.15) is 16.2 Å². The molecule has 0 atom stereocenters. The molecule has 0 saturated heterocycles. The molecule has 0 unspecified atom stereocenters. The Balaban J connectivity index is 1.45. The highest BCUT2D eigenvalue weighted by Gasteiger charge is 2.35. The van der Waals surface area contributed by atoms with Gasteiger partial charge < -0.3 is 19.3 Å². The fourth-order valence-corrected chi connectivity index (χ4v) is 7.39. The van der Waals surface area contributed by atoms with Crippen LogP contribution in [0, 0.1) is 0 Å². The van der Waals surface area contributed by atoms with Gasteiger partial charge in [-0.2, -0.15) is 0 Å². The fourth-order valence-electron chi connectivity index (χ4n) is 5.80. The maximum absolute atomic E-state index is 14.4. The van der Waals surface area contributed by atoms with Gasteiger partial charge in [-0.3, -0.25) is 4.79 Å². The van der Waals surface area contributed by atoms with Gasteiger partial charge in [0.05, 0.1) is 12.1 Å². The van der Waals surface area contributed by atoms with Gasteiger partial charge in [0, 0.05) is 46.3 Å². The van der Waals surface area contributed by atoms with Gasteiger partial charge in [-0.05, 0) is 87.9 Å². The summed E-state index contributed by atoms with van der Waals surface area (Å²) in [4.78, 5) is 31.4. The molecule has 5 rings (SSSR count). The Kier molecular flexibility index (Phi) is 9.78. The summed E-state index contributed by atoms with van der Waals surface area (Å²) in [5, 5.41) is 2.04. The summed E-state index contributed by atoms with van der Waals surface area (Å²) < 4.78 is 12.4. The van der Waals surface area contributed by atoms with Crippen LogP contribution in [0.15, 0.2) is 66.7 Å².